The van der Waals surface area contributed by atoms with E-state index in [2.05, 4.69) is 11.4 Å². The number of ether oxygens (including phenoxy) is 2. The molecule has 0 bridgehead atoms. The van der Waals surface area contributed by atoms with Crippen LogP contribution in [0.4, 0.5) is 0 Å². The first-order valence-electron chi connectivity index (χ1n) is 6.13. The van der Waals surface area contributed by atoms with Crippen LogP contribution in [0.1, 0.15) is 22.6 Å². The van der Waals surface area contributed by atoms with Gasteiger partial charge < -0.3 is 14.8 Å². The average molecular weight is 268 g/mol. The predicted octanol–water partition coefficient (Wildman–Crippen LogP) is 2.15. The molecular weight excluding hydrogens is 248 g/mol. The molecule has 0 unspecified atom stereocenters. The van der Waals surface area contributed by atoms with Gasteiger partial charge in [-0.15, -0.1) is 11.3 Å². The monoisotopic (exact) mass is 268 g/mol. The molecule has 4 nitrogen and oxygen atoms in total. The first-order valence-corrected chi connectivity index (χ1v) is 6.94. The van der Waals surface area contributed by atoms with Crippen molar-refractivity contribution in [1.82, 2.24) is 5.32 Å². The number of methoxy groups -OCH3 is 1. The molecule has 1 aromatic rings. The molecule has 0 atom stereocenters. The number of unbranched alkanes of at least 4 members (excludes halogenated alkanes) is 1. The quantitative estimate of drug-likeness (QED) is 0.661. The van der Waals surface area contributed by atoms with Gasteiger partial charge >= 0.3 is 0 Å². The van der Waals surface area contributed by atoms with Gasteiger partial charge in [0.25, 0.3) is 0 Å². The minimum absolute atomic E-state index is 0.665. The highest BCUT2D eigenvalue weighted by molar-refractivity contribution is 7.12. The van der Waals surface area contributed by atoms with Crippen LogP contribution in [-0.2, 0) is 16.0 Å². The molecule has 1 N–H and O–H groups in total. The van der Waals surface area contributed by atoms with Gasteiger partial charge in [-0.05, 0) is 31.5 Å². The number of thiophene rings is 1. The molecule has 0 aliphatic carbocycles. The molecule has 0 saturated carbocycles. The van der Waals surface area contributed by atoms with Crippen LogP contribution in [0.3, 0.4) is 0 Å². The average Bonchev–Trinajstić information content (AvgIpc) is 2.85. The molecule has 0 aliphatic heterocycles. The molecule has 1 rings (SSSR count). The van der Waals surface area contributed by atoms with Gasteiger partial charge in [-0.25, -0.2) is 0 Å². The summed E-state index contributed by atoms with van der Waals surface area (Å²) in [5.41, 5.74) is 0. The number of rotatable bonds is 10. The van der Waals surface area contributed by atoms with Crippen molar-refractivity contribution < 1.29 is 9.47 Å². The van der Waals surface area contributed by atoms with Gasteiger partial charge in [0.05, 0.1) is 13.2 Å². The van der Waals surface area contributed by atoms with Crippen LogP contribution in [0, 0.1) is 11.3 Å². The summed E-state index contributed by atoms with van der Waals surface area (Å²) in [6, 6.07) is 6.02. The smallest absolute Gasteiger partial charge is 0.110 e. The van der Waals surface area contributed by atoms with Crippen LogP contribution in [-0.4, -0.2) is 33.5 Å². The van der Waals surface area contributed by atoms with Crippen LogP contribution in [0.5, 0.6) is 0 Å². The van der Waals surface area contributed by atoms with Crippen molar-refractivity contribution in [2.24, 2.45) is 0 Å². The Morgan fingerprint density at radius 1 is 1.28 bits per heavy atom. The Morgan fingerprint density at radius 3 is 2.89 bits per heavy atom. The zero-order valence-corrected chi connectivity index (χ0v) is 11.6. The van der Waals surface area contributed by atoms with Gasteiger partial charge in [0.15, 0.2) is 0 Å². The molecule has 1 aromatic heterocycles. The fourth-order valence-electron chi connectivity index (χ4n) is 1.44. The summed E-state index contributed by atoms with van der Waals surface area (Å²) in [6.07, 6.45) is 2.16. The lowest BCUT2D eigenvalue weighted by atomic mass is 10.3. The van der Waals surface area contributed by atoms with E-state index in [0.717, 1.165) is 37.4 Å². The molecule has 0 spiro atoms. The van der Waals surface area contributed by atoms with E-state index in [0.29, 0.717) is 13.2 Å². The molecular formula is C13H20N2O2S. The normalized spacial score (nSPS) is 10.4. The Kier molecular flexibility index (Phi) is 8.43. The molecule has 0 amide bonds. The number of hydrogen-bond acceptors (Lipinski definition) is 5. The van der Waals surface area contributed by atoms with Crippen LogP contribution in [0.15, 0.2) is 12.1 Å². The predicted molar refractivity (Wildman–Crippen MR) is 72.7 cm³/mol. The van der Waals surface area contributed by atoms with Crippen molar-refractivity contribution in [3.05, 3.63) is 21.9 Å². The SMILES string of the molecule is COCCOCCCCNCc1ccc(C#N)s1. The molecule has 5 heteroatoms. The zero-order valence-electron chi connectivity index (χ0n) is 10.8. The van der Waals surface area contributed by atoms with Gasteiger partial charge in [-0.2, -0.15) is 5.26 Å². The fraction of sp³-hybridized carbons (Fsp3) is 0.615. The molecule has 100 valence electrons. The summed E-state index contributed by atoms with van der Waals surface area (Å²) < 4.78 is 10.3. The Morgan fingerprint density at radius 2 is 2.17 bits per heavy atom. The highest BCUT2D eigenvalue weighted by Crippen LogP contribution is 2.14. The van der Waals surface area contributed by atoms with E-state index in [1.165, 1.54) is 4.88 Å². The van der Waals surface area contributed by atoms with E-state index < -0.39 is 0 Å². The van der Waals surface area contributed by atoms with Crippen molar-refractivity contribution in [3.8, 4) is 6.07 Å². The van der Waals surface area contributed by atoms with Gasteiger partial charge in [0, 0.05) is 25.1 Å². The van der Waals surface area contributed by atoms with E-state index in [1.807, 2.05) is 12.1 Å². The van der Waals surface area contributed by atoms with Crippen LogP contribution in [0.25, 0.3) is 0 Å². The lowest BCUT2D eigenvalue weighted by Gasteiger charge is -2.04. The second kappa shape index (κ2) is 10.0. The molecule has 18 heavy (non-hydrogen) atoms. The lowest BCUT2D eigenvalue weighted by molar-refractivity contribution is 0.0688. The van der Waals surface area contributed by atoms with Gasteiger partial charge in [-0.1, -0.05) is 0 Å². The summed E-state index contributed by atoms with van der Waals surface area (Å²) in [6.45, 7) is 3.96. The lowest BCUT2D eigenvalue weighted by Crippen LogP contribution is -2.14. The highest BCUT2D eigenvalue weighted by atomic mass is 32.1. The van der Waals surface area contributed by atoms with Crippen molar-refractivity contribution in [2.45, 2.75) is 19.4 Å². The molecule has 0 radical (unpaired) electrons. The number of hydrogen-bond donors (Lipinski definition) is 1. The molecule has 0 saturated heterocycles. The summed E-state index contributed by atoms with van der Waals surface area (Å²) in [5, 5.41) is 12.1. The number of nitrogens with one attached hydrogen (secondary N) is 1. The van der Waals surface area contributed by atoms with Gasteiger partial charge in [0.1, 0.15) is 10.9 Å². The maximum absolute atomic E-state index is 8.70. The van der Waals surface area contributed by atoms with Crippen molar-refractivity contribution in [2.75, 3.05) is 33.5 Å². The minimum Gasteiger partial charge on any atom is -0.382 e. The van der Waals surface area contributed by atoms with Crippen molar-refractivity contribution in [3.63, 3.8) is 0 Å². The number of nitrogens with zero attached hydrogens (tertiary/aromatic N) is 1. The van der Waals surface area contributed by atoms with E-state index in [4.69, 9.17) is 14.7 Å². The Hall–Kier alpha value is -0.930. The topological polar surface area (TPSA) is 54.3 Å². The van der Waals surface area contributed by atoms with E-state index in [9.17, 15) is 0 Å². The van der Waals surface area contributed by atoms with Crippen LogP contribution >= 0.6 is 11.3 Å². The Bertz CT molecular complexity index is 360. The molecule has 0 fully saturated rings. The molecule has 0 aliphatic rings. The number of nitriles is 1. The fourth-order valence-corrected chi connectivity index (χ4v) is 2.22. The maximum atomic E-state index is 8.70. The first kappa shape index (κ1) is 15.1. The Balaban J connectivity index is 1.91. The summed E-state index contributed by atoms with van der Waals surface area (Å²) in [4.78, 5) is 1.99. The second-order valence-electron chi connectivity index (χ2n) is 3.87. The summed E-state index contributed by atoms with van der Waals surface area (Å²) in [7, 11) is 1.68. The second-order valence-corrected chi connectivity index (χ2v) is 5.04. The van der Waals surface area contributed by atoms with E-state index in [1.54, 1.807) is 18.4 Å². The van der Waals surface area contributed by atoms with Crippen LogP contribution in [0.2, 0.25) is 0 Å². The zero-order chi connectivity index (χ0) is 13.1. The molecule has 0 aromatic carbocycles. The minimum atomic E-state index is 0.665. The summed E-state index contributed by atoms with van der Waals surface area (Å²) in [5.74, 6) is 0. The third-order valence-electron chi connectivity index (χ3n) is 2.40. The third-order valence-corrected chi connectivity index (χ3v) is 3.38. The standard InChI is InChI=1S/C13H20N2O2S/c1-16-8-9-17-7-3-2-6-15-11-13-5-4-12(10-14)18-13/h4-5,15H,2-3,6-9,11H2,1H3. The van der Waals surface area contributed by atoms with E-state index >= 15 is 0 Å². The molecule has 1 heterocycles. The summed E-state index contributed by atoms with van der Waals surface area (Å²) >= 11 is 1.55. The van der Waals surface area contributed by atoms with Crippen molar-refractivity contribution >= 4 is 11.3 Å². The van der Waals surface area contributed by atoms with Crippen LogP contribution < -0.4 is 5.32 Å². The largest absolute Gasteiger partial charge is 0.382 e. The first-order chi connectivity index (χ1) is 8.86. The van der Waals surface area contributed by atoms with Gasteiger partial charge in [0.2, 0.25) is 0 Å². The highest BCUT2D eigenvalue weighted by Gasteiger charge is 1.98. The van der Waals surface area contributed by atoms with Gasteiger partial charge in [-0.3, -0.25) is 0 Å². The van der Waals surface area contributed by atoms with Crippen molar-refractivity contribution in [1.29, 1.82) is 5.26 Å². The Labute approximate surface area is 113 Å². The third kappa shape index (κ3) is 6.72. The maximum Gasteiger partial charge on any atom is 0.110 e. The van der Waals surface area contributed by atoms with E-state index in [-0.39, 0.29) is 0 Å².